The lowest BCUT2D eigenvalue weighted by molar-refractivity contribution is 0.0698. The molecular formula is C18H14F2N2O3. The topological polar surface area (TPSA) is 85.4 Å². The number of fused-ring (bicyclic) bond motifs is 1. The Labute approximate surface area is 141 Å². The summed E-state index contributed by atoms with van der Waals surface area (Å²) in [6, 6.07) is 9.44. The zero-order valence-corrected chi connectivity index (χ0v) is 13.2. The van der Waals surface area contributed by atoms with Crippen LogP contribution in [0.15, 0.2) is 36.4 Å². The standard InChI is InChI=1S/C18H14F2N2O3/c1-2-25-11-8-10-13(16(20)15(11)19)12(9-6-4-3-5-7-9)14(18(23)24)17(21)22-10/h3-8H,2H2,1H3,(H2,21,22)(H,23,24). The van der Waals surface area contributed by atoms with Gasteiger partial charge < -0.3 is 15.6 Å². The van der Waals surface area contributed by atoms with Crippen molar-refractivity contribution in [2.75, 3.05) is 12.3 Å². The molecule has 0 unspecified atom stereocenters. The quantitative estimate of drug-likeness (QED) is 0.751. The predicted molar refractivity (Wildman–Crippen MR) is 89.6 cm³/mol. The zero-order chi connectivity index (χ0) is 18.1. The van der Waals surface area contributed by atoms with Crippen molar-refractivity contribution in [2.24, 2.45) is 0 Å². The number of ether oxygens (including phenoxy) is 1. The third-order valence-corrected chi connectivity index (χ3v) is 3.73. The van der Waals surface area contributed by atoms with Crippen LogP contribution in [0, 0.1) is 11.6 Å². The van der Waals surface area contributed by atoms with E-state index in [1.165, 1.54) is 6.07 Å². The first-order valence-electron chi connectivity index (χ1n) is 7.48. The fourth-order valence-corrected chi connectivity index (χ4v) is 2.73. The van der Waals surface area contributed by atoms with Crippen LogP contribution in [0.2, 0.25) is 0 Å². The molecule has 0 aliphatic carbocycles. The number of aromatic carboxylic acids is 1. The lowest BCUT2D eigenvalue weighted by atomic mass is 9.95. The van der Waals surface area contributed by atoms with E-state index in [9.17, 15) is 18.7 Å². The van der Waals surface area contributed by atoms with Crippen LogP contribution in [0.25, 0.3) is 22.0 Å². The van der Waals surface area contributed by atoms with Crippen LogP contribution < -0.4 is 10.5 Å². The Hall–Kier alpha value is -3.22. The molecule has 128 valence electrons. The van der Waals surface area contributed by atoms with Crippen LogP contribution in [0.3, 0.4) is 0 Å². The molecule has 3 aromatic rings. The van der Waals surface area contributed by atoms with Crippen molar-refractivity contribution in [3.8, 4) is 16.9 Å². The number of nitrogens with two attached hydrogens (primary N) is 1. The highest BCUT2D eigenvalue weighted by Gasteiger charge is 2.26. The number of aromatic nitrogens is 1. The largest absolute Gasteiger partial charge is 0.491 e. The second-order valence-electron chi connectivity index (χ2n) is 5.25. The van der Waals surface area contributed by atoms with E-state index in [2.05, 4.69) is 4.98 Å². The molecule has 0 radical (unpaired) electrons. The van der Waals surface area contributed by atoms with Gasteiger partial charge >= 0.3 is 5.97 Å². The van der Waals surface area contributed by atoms with Crippen molar-refractivity contribution in [1.82, 2.24) is 4.98 Å². The number of anilines is 1. The molecule has 0 fully saturated rings. The molecular weight excluding hydrogens is 330 g/mol. The molecule has 0 amide bonds. The highest BCUT2D eigenvalue weighted by atomic mass is 19.2. The van der Waals surface area contributed by atoms with Gasteiger partial charge in [-0.15, -0.1) is 0 Å². The molecule has 7 heteroatoms. The molecule has 3 N–H and O–H groups in total. The number of carboxylic acid groups (broad SMARTS) is 1. The van der Waals surface area contributed by atoms with E-state index in [0.717, 1.165) is 0 Å². The highest BCUT2D eigenvalue weighted by molar-refractivity contribution is 6.10. The first-order chi connectivity index (χ1) is 12.0. The Bertz CT molecular complexity index is 975. The first kappa shape index (κ1) is 16.6. The van der Waals surface area contributed by atoms with Crippen molar-refractivity contribution >= 4 is 22.7 Å². The normalized spacial score (nSPS) is 10.8. The molecule has 1 aromatic heterocycles. The number of nitrogen functional groups attached to an aromatic ring is 1. The van der Waals surface area contributed by atoms with Crippen molar-refractivity contribution in [1.29, 1.82) is 0 Å². The van der Waals surface area contributed by atoms with Gasteiger partial charge in [-0.3, -0.25) is 0 Å². The van der Waals surface area contributed by atoms with Gasteiger partial charge in [0.15, 0.2) is 11.6 Å². The smallest absolute Gasteiger partial charge is 0.340 e. The number of benzene rings is 2. The number of rotatable bonds is 4. The van der Waals surface area contributed by atoms with Crippen LogP contribution >= 0.6 is 0 Å². The SMILES string of the molecule is CCOc1cc2nc(N)c(C(=O)O)c(-c3ccccc3)c2c(F)c1F. The lowest BCUT2D eigenvalue weighted by Gasteiger charge is -2.15. The van der Waals surface area contributed by atoms with Crippen molar-refractivity contribution in [3.05, 3.63) is 53.6 Å². The molecule has 0 saturated carbocycles. The van der Waals surface area contributed by atoms with Crippen LogP contribution in [-0.2, 0) is 0 Å². The number of carboxylic acids is 1. The van der Waals surface area contributed by atoms with Gasteiger partial charge in [0.2, 0.25) is 5.82 Å². The van der Waals surface area contributed by atoms with E-state index in [-0.39, 0.29) is 40.2 Å². The molecule has 0 bridgehead atoms. The maximum Gasteiger partial charge on any atom is 0.340 e. The molecule has 0 atom stereocenters. The maximum atomic E-state index is 14.8. The van der Waals surface area contributed by atoms with Crippen molar-refractivity contribution in [3.63, 3.8) is 0 Å². The number of hydrogen-bond acceptors (Lipinski definition) is 4. The number of pyridine rings is 1. The van der Waals surface area contributed by atoms with Gasteiger partial charge in [-0.1, -0.05) is 30.3 Å². The van der Waals surface area contributed by atoms with Crippen LogP contribution in [0.1, 0.15) is 17.3 Å². The summed E-state index contributed by atoms with van der Waals surface area (Å²) in [4.78, 5) is 15.6. The summed E-state index contributed by atoms with van der Waals surface area (Å²) in [5.74, 6) is -4.39. The molecule has 25 heavy (non-hydrogen) atoms. The van der Waals surface area contributed by atoms with Crippen LogP contribution in [-0.4, -0.2) is 22.7 Å². The minimum atomic E-state index is -1.38. The van der Waals surface area contributed by atoms with Gasteiger partial charge in [0.1, 0.15) is 11.4 Å². The second-order valence-corrected chi connectivity index (χ2v) is 5.25. The van der Waals surface area contributed by atoms with Gasteiger partial charge in [0, 0.05) is 17.0 Å². The number of halogens is 2. The molecule has 0 aliphatic heterocycles. The number of nitrogens with zero attached hydrogens (tertiary/aromatic N) is 1. The van der Waals surface area contributed by atoms with Gasteiger partial charge in [-0.25, -0.2) is 14.2 Å². The Kier molecular flexibility index (Phi) is 4.22. The van der Waals surface area contributed by atoms with Crippen molar-refractivity contribution in [2.45, 2.75) is 6.92 Å². The molecule has 3 rings (SSSR count). The first-order valence-corrected chi connectivity index (χ1v) is 7.48. The maximum absolute atomic E-state index is 14.8. The van der Waals surface area contributed by atoms with Gasteiger partial charge in [-0.2, -0.15) is 4.39 Å². The minimum Gasteiger partial charge on any atom is -0.491 e. The average molecular weight is 344 g/mol. The lowest BCUT2D eigenvalue weighted by Crippen LogP contribution is -2.09. The molecule has 1 heterocycles. The highest BCUT2D eigenvalue weighted by Crippen LogP contribution is 2.38. The van der Waals surface area contributed by atoms with Crippen molar-refractivity contribution < 1.29 is 23.4 Å². The fourth-order valence-electron chi connectivity index (χ4n) is 2.73. The van der Waals surface area contributed by atoms with E-state index in [1.807, 2.05) is 0 Å². The summed E-state index contributed by atoms with van der Waals surface area (Å²) in [5, 5.41) is 9.25. The van der Waals surface area contributed by atoms with Gasteiger partial charge in [0.05, 0.1) is 12.1 Å². The Balaban J connectivity index is 2.50. The van der Waals surface area contributed by atoms with Crippen LogP contribution in [0.5, 0.6) is 5.75 Å². The Morgan fingerprint density at radius 1 is 1.24 bits per heavy atom. The average Bonchev–Trinajstić information content (AvgIpc) is 2.59. The van der Waals surface area contributed by atoms with E-state index in [0.29, 0.717) is 5.56 Å². The predicted octanol–water partition coefficient (Wildman–Crippen LogP) is 3.86. The van der Waals surface area contributed by atoms with Crippen LogP contribution in [0.4, 0.5) is 14.6 Å². The Morgan fingerprint density at radius 3 is 2.52 bits per heavy atom. The second kappa shape index (κ2) is 6.35. The molecule has 0 spiro atoms. The summed E-state index contributed by atoms with van der Waals surface area (Å²) >= 11 is 0. The third kappa shape index (κ3) is 2.73. The monoisotopic (exact) mass is 344 g/mol. The number of carbonyl (C=O) groups is 1. The molecule has 0 aliphatic rings. The van der Waals surface area contributed by atoms with E-state index in [1.54, 1.807) is 37.3 Å². The van der Waals surface area contributed by atoms with E-state index < -0.39 is 17.6 Å². The molecule has 5 nitrogen and oxygen atoms in total. The number of hydrogen-bond donors (Lipinski definition) is 2. The Morgan fingerprint density at radius 2 is 1.92 bits per heavy atom. The van der Waals surface area contributed by atoms with Gasteiger partial charge in [0.25, 0.3) is 0 Å². The van der Waals surface area contributed by atoms with Gasteiger partial charge in [-0.05, 0) is 12.5 Å². The third-order valence-electron chi connectivity index (χ3n) is 3.73. The minimum absolute atomic E-state index is 0.0173. The summed E-state index contributed by atoms with van der Waals surface area (Å²) in [5.41, 5.74) is 5.80. The molecule has 2 aromatic carbocycles. The summed E-state index contributed by atoms with van der Waals surface area (Å²) in [7, 11) is 0. The molecule has 0 saturated heterocycles. The van der Waals surface area contributed by atoms with E-state index in [4.69, 9.17) is 10.5 Å². The summed E-state index contributed by atoms with van der Waals surface area (Å²) < 4.78 is 34.2. The zero-order valence-electron chi connectivity index (χ0n) is 13.2. The summed E-state index contributed by atoms with van der Waals surface area (Å²) in [6.07, 6.45) is 0. The van der Waals surface area contributed by atoms with E-state index >= 15 is 0 Å². The fraction of sp³-hybridized carbons (Fsp3) is 0.111. The summed E-state index contributed by atoms with van der Waals surface area (Å²) in [6.45, 7) is 1.77.